The third kappa shape index (κ3) is 1.52. The van der Waals surface area contributed by atoms with Gasteiger partial charge in [-0.1, -0.05) is 0 Å². The number of hydrogen-bond acceptors (Lipinski definition) is 3. The van der Waals surface area contributed by atoms with Crippen LogP contribution in [0.4, 0.5) is 0 Å². The van der Waals surface area contributed by atoms with Gasteiger partial charge in [0.2, 0.25) is 0 Å². The van der Waals surface area contributed by atoms with Crippen LogP contribution in [0.15, 0.2) is 34.1 Å². The maximum Gasteiger partial charge on any atom is 0.368 e. The van der Waals surface area contributed by atoms with Crippen molar-refractivity contribution in [2.75, 3.05) is 0 Å². The van der Waals surface area contributed by atoms with Crippen LogP contribution >= 0.6 is 15.9 Å². The van der Waals surface area contributed by atoms with Gasteiger partial charge in [0, 0.05) is 6.20 Å². The third-order valence-electron chi connectivity index (χ3n) is 1.52. The van der Waals surface area contributed by atoms with Gasteiger partial charge in [0.05, 0.1) is 5.69 Å². The smallest absolute Gasteiger partial charge is 0.279 e. The molecule has 6 heteroatoms. The van der Waals surface area contributed by atoms with Gasteiger partial charge in [-0.3, -0.25) is 5.10 Å². The van der Waals surface area contributed by atoms with E-state index >= 15 is 0 Å². The number of pyridine rings is 1. The average Bonchev–Trinajstić information content (AvgIpc) is 2.51. The van der Waals surface area contributed by atoms with E-state index in [4.69, 9.17) is 0 Å². The van der Waals surface area contributed by atoms with E-state index in [1.807, 2.05) is 0 Å². The molecule has 0 spiro atoms. The molecule has 0 saturated carbocycles. The van der Waals surface area contributed by atoms with Gasteiger partial charge < -0.3 is 0 Å². The molecule has 0 aliphatic carbocycles. The standard InChI is InChI=1S/C7H5BrN4O/c8-6-3-5(1-2-9-6)12-7(13)10-4-11-12/h1-4H,(H,10,11,13). The fourth-order valence-electron chi connectivity index (χ4n) is 0.971. The largest absolute Gasteiger partial charge is 0.368 e. The number of halogens is 1. The topological polar surface area (TPSA) is 63.6 Å². The number of nitrogens with zero attached hydrogens (tertiary/aromatic N) is 3. The Labute approximate surface area is 81.6 Å². The minimum atomic E-state index is -0.335. The van der Waals surface area contributed by atoms with Crippen LogP contribution in [0.1, 0.15) is 0 Å². The van der Waals surface area contributed by atoms with E-state index in [-0.39, 0.29) is 5.69 Å². The SMILES string of the molecule is O=c1nc[nH]n1-c1ccnc(Br)c1. The molecule has 0 fully saturated rings. The third-order valence-corrected chi connectivity index (χ3v) is 1.96. The molecular weight excluding hydrogens is 236 g/mol. The Morgan fingerprint density at radius 3 is 2.92 bits per heavy atom. The molecule has 13 heavy (non-hydrogen) atoms. The molecule has 0 aromatic carbocycles. The predicted molar refractivity (Wildman–Crippen MR) is 49.7 cm³/mol. The van der Waals surface area contributed by atoms with Crippen LogP contribution in [0, 0.1) is 0 Å². The van der Waals surface area contributed by atoms with Gasteiger partial charge in [-0.15, -0.1) is 0 Å². The molecule has 0 saturated heterocycles. The van der Waals surface area contributed by atoms with E-state index in [9.17, 15) is 4.79 Å². The van der Waals surface area contributed by atoms with Crippen molar-refractivity contribution >= 4 is 15.9 Å². The summed E-state index contributed by atoms with van der Waals surface area (Å²) in [6.07, 6.45) is 2.95. The molecule has 2 rings (SSSR count). The molecule has 0 aliphatic heterocycles. The summed E-state index contributed by atoms with van der Waals surface area (Å²) in [4.78, 5) is 18.6. The summed E-state index contributed by atoms with van der Waals surface area (Å²) < 4.78 is 2.00. The second-order valence-electron chi connectivity index (χ2n) is 2.34. The van der Waals surface area contributed by atoms with Crippen LogP contribution < -0.4 is 5.69 Å². The van der Waals surface area contributed by atoms with E-state index in [0.29, 0.717) is 10.3 Å². The lowest BCUT2D eigenvalue weighted by Crippen LogP contribution is -2.15. The summed E-state index contributed by atoms with van der Waals surface area (Å²) in [6, 6.07) is 3.43. The van der Waals surface area contributed by atoms with Gasteiger partial charge in [-0.2, -0.15) is 4.98 Å². The molecule has 2 aromatic rings. The van der Waals surface area contributed by atoms with Crippen molar-refractivity contribution in [2.24, 2.45) is 0 Å². The molecule has 1 N–H and O–H groups in total. The Morgan fingerprint density at radius 1 is 1.46 bits per heavy atom. The van der Waals surface area contributed by atoms with Crippen molar-refractivity contribution < 1.29 is 0 Å². The summed E-state index contributed by atoms with van der Waals surface area (Å²) in [5.74, 6) is 0. The van der Waals surface area contributed by atoms with Crippen LogP contribution in [-0.2, 0) is 0 Å². The highest BCUT2D eigenvalue weighted by Crippen LogP contribution is 2.09. The second kappa shape index (κ2) is 3.14. The van der Waals surface area contributed by atoms with E-state index < -0.39 is 0 Å². The zero-order valence-electron chi connectivity index (χ0n) is 6.44. The number of rotatable bonds is 1. The zero-order chi connectivity index (χ0) is 9.26. The fourth-order valence-corrected chi connectivity index (χ4v) is 1.32. The maximum atomic E-state index is 11.1. The zero-order valence-corrected chi connectivity index (χ0v) is 8.02. The Balaban J connectivity index is 2.59. The van der Waals surface area contributed by atoms with Crippen molar-refractivity contribution in [3.63, 3.8) is 0 Å². The molecule has 0 atom stereocenters. The first-order valence-corrected chi connectivity index (χ1v) is 4.31. The van der Waals surface area contributed by atoms with E-state index in [1.165, 1.54) is 11.0 Å². The monoisotopic (exact) mass is 240 g/mol. The molecule has 0 aliphatic rings. The first kappa shape index (κ1) is 8.18. The highest BCUT2D eigenvalue weighted by atomic mass is 79.9. The van der Waals surface area contributed by atoms with Crippen LogP contribution in [0.5, 0.6) is 0 Å². The van der Waals surface area contributed by atoms with Crippen LogP contribution in [0.2, 0.25) is 0 Å². The second-order valence-corrected chi connectivity index (χ2v) is 3.15. The van der Waals surface area contributed by atoms with Crippen LogP contribution in [0.25, 0.3) is 5.69 Å². The lowest BCUT2D eigenvalue weighted by atomic mass is 10.4. The van der Waals surface area contributed by atoms with Crippen molar-refractivity contribution in [3.8, 4) is 5.69 Å². The predicted octanol–water partition coefficient (Wildman–Crippen LogP) is 0.718. The summed E-state index contributed by atoms with van der Waals surface area (Å²) >= 11 is 3.21. The molecule has 5 nitrogen and oxygen atoms in total. The molecular formula is C7H5BrN4O. The van der Waals surface area contributed by atoms with E-state index in [2.05, 4.69) is 31.0 Å². The Hall–Kier alpha value is -1.43. The number of hydrogen-bond donors (Lipinski definition) is 1. The lowest BCUT2D eigenvalue weighted by Gasteiger charge is -1.98. The summed E-state index contributed by atoms with van der Waals surface area (Å²) in [5.41, 5.74) is 0.363. The molecule has 0 bridgehead atoms. The fraction of sp³-hybridized carbons (Fsp3) is 0. The molecule has 0 radical (unpaired) electrons. The molecule has 0 unspecified atom stereocenters. The summed E-state index contributed by atoms with van der Waals surface area (Å²) in [6.45, 7) is 0. The summed E-state index contributed by atoms with van der Waals surface area (Å²) in [7, 11) is 0. The number of nitrogens with one attached hydrogen (secondary N) is 1. The minimum Gasteiger partial charge on any atom is -0.279 e. The van der Waals surface area contributed by atoms with Crippen molar-refractivity contribution in [3.05, 3.63) is 39.7 Å². The highest BCUT2D eigenvalue weighted by Gasteiger charge is 2.00. The molecule has 2 aromatic heterocycles. The normalized spacial score (nSPS) is 10.2. The Bertz CT molecular complexity index is 475. The number of aromatic amines is 1. The summed E-state index contributed by atoms with van der Waals surface area (Å²) in [5, 5.41) is 2.69. The van der Waals surface area contributed by atoms with Gasteiger partial charge in [0.1, 0.15) is 10.9 Å². The van der Waals surface area contributed by atoms with E-state index in [1.54, 1.807) is 18.3 Å². The van der Waals surface area contributed by atoms with Crippen molar-refractivity contribution in [2.45, 2.75) is 0 Å². The molecule has 2 heterocycles. The van der Waals surface area contributed by atoms with Crippen LogP contribution in [-0.4, -0.2) is 19.7 Å². The molecule has 66 valence electrons. The van der Waals surface area contributed by atoms with Gasteiger partial charge in [0.15, 0.2) is 0 Å². The lowest BCUT2D eigenvalue weighted by molar-refractivity contribution is 0.839. The number of H-pyrrole nitrogens is 1. The van der Waals surface area contributed by atoms with Crippen molar-refractivity contribution in [1.29, 1.82) is 0 Å². The first-order valence-electron chi connectivity index (χ1n) is 3.52. The van der Waals surface area contributed by atoms with Gasteiger partial charge in [-0.25, -0.2) is 14.5 Å². The van der Waals surface area contributed by atoms with Crippen LogP contribution in [0.3, 0.4) is 0 Å². The Kier molecular flexibility index (Phi) is 1.97. The maximum absolute atomic E-state index is 11.1. The average molecular weight is 241 g/mol. The highest BCUT2D eigenvalue weighted by molar-refractivity contribution is 9.10. The number of aromatic nitrogens is 4. The molecule has 0 amide bonds. The minimum absolute atomic E-state index is 0.335. The quantitative estimate of drug-likeness (QED) is 0.748. The van der Waals surface area contributed by atoms with Gasteiger partial charge in [-0.05, 0) is 28.1 Å². The van der Waals surface area contributed by atoms with Crippen molar-refractivity contribution in [1.82, 2.24) is 19.7 Å². The Morgan fingerprint density at radius 2 is 2.31 bits per heavy atom. The van der Waals surface area contributed by atoms with Gasteiger partial charge >= 0.3 is 5.69 Å². The van der Waals surface area contributed by atoms with E-state index in [0.717, 1.165) is 0 Å². The van der Waals surface area contributed by atoms with Gasteiger partial charge in [0.25, 0.3) is 0 Å². The first-order chi connectivity index (χ1) is 6.27.